The normalized spacial score (nSPS) is 29.7. The molecular weight excluding hydrogens is 232 g/mol. The average molecular weight is 250 g/mol. The molecule has 0 aromatic carbocycles. The minimum atomic E-state index is -0.194. The molecule has 0 spiro atoms. The molecule has 6 nitrogen and oxygen atoms in total. The number of ether oxygens (including phenoxy) is 1. The number of nitrogen functional groups attached to an aromatic ring is 1. The minimum Gasteiger partial charge on any atom is -0.396 e. The van der Waals surface area contributed by atoms with Crippen LogP contribution >= 0.6 is 0 Å². The third kappa shape index (κ3) is 1.86. The number of carbonyl (C=O) groups excluding carboxylic acids is 1. The van der Waals surface area contributed by atoms with E-state index in [-0.39, 0.29) is 18.1 Å². The summed E-state index contributed by atoms with van der Waals surface area (Å²) in [5, 5.41) is 7.16. The quantitative estimate of drug-likeness (QED) is 0.820. The molecule has 3 unspecified atom stereocenters. The van der Waals surface area contributed by atoms with Crippen LogP contribution in [-0.2, 0) is 11.3 Å². The first-order chi connectivity index (χ1) is 8.67. The van der Waals surface area contributed by atoms with E-state index in [1.807, 2.05) is 6.92 Å². The van der Waals surface area contributed by atoms with Gasteiger partial charge in [-0.05, 0) is 26.2 Å². The lowest BCUT2D eigenvalue weighted by molar-refractivity contribution is 0.0837. The second kappa shape index (κ2) is 4.28. The van der Waals surface area contributed by atoms with Crippen molar-refractivity contribution in [1.82, 2.24) is 15.1 Å². The number of aromatic nitrogens is 2. The van der Waals surface area contributed by atoms with Crippen LogP contribution in [0.5, 0.6) is 0 Å². The van der Waals surface area contributed by atoms with Crippen LogP contribution in [0.3, 0.4) is 0 Å². The molecule has 0 saturated carbocycles. The van der Waals surface area contributed by atoms with Gasteiger partial charge in [0.2, 0.25) is 0 Å². The Morgan fingerprint density at radius 2 is 2.50 bits per heavy atom. The van der Waals surface area contributed by atoms with Gasteiger partial charge in [-0.2, -0.15) is 5.10 Å². The van der Waals surface area contributed by atoms with Crippen molar-refractivity contribution in [3.05, 3.63) is 11.9 Å². The molecule has 2 aliphatic heterocycles. The van der Waals surface area contributed by atoms with Gasteiger partial charge in [0.1, 0.15) is 0 Å². The molecule has 1 aromatic rings. The second-order valence-electron chi connectivity index (χ2n) is 4.98. The second-order valence-corrected chi connectivity index (χ2v) is 4.98. The topological polar surface area (TPSA) is 82.2 Å². The Morgan fingerprint density at radius 1 is 1.67 bits per heavy atom. The van der Waals surface area contributed by atoms with Crippen molar-refractivity contribution in [2.75, 3.05) is 5.73 Å². The third-order valence-corrected chi connectivity index (χ3v) is 3.75. The summed E-state index contributed by atoms with van der Waals surface area (Å²) in [5.41, 5.74) is 6.54. The highest BCUT2D eigenvalue weighted by atomic mass is 16.5. The number of hydrogen-bond acceptors (Lipinski definition) is 4. The van der Waals surface area contributed by atoms with E-state index < -0.39 is 0 Å². The standard InChI is InChI=1S/C12H18N4O2/c1-2-16-6-8(13)11(15-16)12(17)14-9-5-7-3-4-10(9)18-7/h6-7,9-10H,2-5,13H2,1H3,(H,14,17). The lowest BCUT2D eigenvalue weighted by Gasteiger charge is -2.19. The third-order valence-electron chi connectivity index (χ3n) is 3.75. The zero-order chi connectivity index (χ0) is 12.7. The summed E-state index contributed by atoms with van der Waals surface area (Å²) in [7, 11) is 0. The summed E-state index contributed by atoms with van der Waals surface area (Å²) < 4.78 is 7.37. The Labute approximate surface area is 105 Å². The van der Waals surface area contributed by atoms with Gasteiger partial charge < -0.3 is 15.8 Å². The first-order valence-corrected chi connectivity index (χ1v) is 6.46. The van der Waals surface area contributed by atoms with Crippen molar-refractivity contribution >= 4 is 11.6 Å². The molecule has 18 heavy (non-hydrogen) atoms. The highest BCUT2D eigenvalue weighted by molar-refractivity contribution is 5.97. The molecule has 1 amide bonds. The predicted molar refractivity (Wildman–Crippen MR) is 66.1 cm³/mol. The fraction of sp³-hybridized carbons (Fsp3) is 0.667. The van der Waals surface area contributed by atoms with Crippen molar-refractivity contribution in [3.63, 3.8) is 0 Å². The molecule has 3 rings (SSSR count). The number of anilines is 1. The van der Waals surface area contributed by atoms with Crippen LogP contribution in [-0.4, -0.2) is 33.9 Å². The SMILES string of the molecule is CCn1cc(N)c(C(=O)NC2CC3CCC2O3)n1. The summed E-state index contributed by atoms with van der Waals surface area (Å²) >= 11 is 0. The number of carbonyl (C=O) groups is 1. The molecule has 2 fully saturated rings. The van der Waals surface area contributed by atoms with Crippen molar-refractivity contribution in [2.45, 2.75) is 51.0 Å². The minimum absolute atomic E-state index is 0.113. The summed E-state index contributed by atoms with van der Waals surface area (Å²) in [4.78, 5) is 12.1. The van der Waals surface area contributed by atoms with Crippen LogP contribution in [0.4, 0.5) is 5.69 Å². The van der Waals surface area contributed by atoms with Gasteiger partial charge in [0.25, 0.3) is 5.91 Å². The van der Waals surface area contributed by atoms with Crippen molar-refractivity contribution < 1.29 is 9.53 Å². The Morgan fingerprint density at radius 3 is 3.06 bits per heavy atom. The van der Waals surface area contributed by atoms with Gasteiger partial charge in [-0.15, -0.1) is 0 Å². The molecule has 98 valence electrons. The molecule has 6 heteroatoms. The Hall–Kier alpha value is -1.56. The number of nitrogens with one attached hydrogen (secondary N) is 1. The molecule has 0 radical (unpaired) electrons. The maximum absolute atomic E-state index is 12.1. The molecule has 2 bridgehead atoms. The predicted octanol–water partition coefficient (Wildman–Crippen LogP) is 0.535. The summed E-state index contributed by atoms with van der Waals surface area (Å²) in [5.74, 6) is -0.194. The summed E-state index contributed by atoms with van der Waals surface area (Å²) in [6.45, 7) is 2.66. The maximum atomic E-state index is 12.1. The van der Waals surface area contributed by atoms with Crippen molar-refractivity contribution in [3.8, 4) is 0 Å². The number of nitrogens with zero attached hydrogens (tertiary/aromatic N) is 2. The molecule has 2 aliphatic rings. The van der Waals surface area contributed by atoms with E-state index in [0.29, 0.717) is 24.0 Å². The van der Waals surface area contributed by atoms with E-state index in [9.17, 15) is 4.79 Å². The van der Waals surface area contributed by atoms with Gasteiger partial charge in [0, 0.05) is 12.7 Å². The molecule has 3 heterocycles. The first-order valence-electron chi connectivity index (χ1n) is 6.46. The lowest BCUT2D eigenvalue weighted by Crippen LogP contribution is -2.41. The highest BCUT2D eigenvalue weighted by Gasteiger charge is 2.41. The van der Waals surface area contributed by atoms with Crippen LogP contribution in [0.25, 0.3) is 0 Å². The molecule has 1 aromatic heterocycles. The molecule has 0 aliphatic carbocycles. The number of aryl methyl sites for hydroxylation is 1. The number of amides is 1. The van der Waals surface area contributed by atoms with Gasteiger partial charge in [-0.25, -0.2) is 0 Å². The van der Waals surface area contributed by atoms with Crippen LogP contribution in [0, 0.1) is 0 Å². The van der Waals surface area contributed by atoms with E-state index in [2.05, 4.69) is 10.4 Å². The Balaban J connectivity index is 1.69. The number of rotatable bonds is 3. The molecule has 3 atom stereocenters. The van der Waals surface area contributed by atoms with Gasteiger partial charge in [0.15, 0.2) is 5.69 Å². The van der Waals surface area contributed by atoms with Crippen molar-refractivity contribution in [2.24, 2.45) is 0 Å². The van der Waals surface area contributed by atoms with E-state index >= 15 is 0 Å². The number of fused-ring (bicyclic) bond motifs is 2. The zero-order valence-corrected chi connectivity index (χ0v) is 10.4. The van der Waals surface area contributed by atoms with E-state index in [0.717, 1.165) is 19.3 Å². The van der Waals surface area contributed by atoms with Crippen LogP contribution in [0.15, 0.2) is 6.20 Å². The molecule has 3 N–H and O–H groups in total. The fourth-order valence-electron chi connectivity index (χ4n) is 2.80. The number of hydrogen-bond donors (Lipinski definition) is 2. The lowest BCUT2D eigenvalue weighted by atomic mass is 9.95. The highest BCUT2D eigenvalue weighted by Crippen LogP contribution is 2.34. The van der Waals surface area contributed by atoms with Gasteiger partial charge in [0.05, 0.1) is 23.9 Å². The van der Waals surface area contributed by atoms with E-state index in [1.165, 1.54) is 0 Å². The van der Waals surface area contributed by atoms with E-state index in [1.54, 1.807) is 10.9 Å². The number of nitrogens with two attached hydrogens (primary N) is 1. The van der Waals surface area contributed by atoms with Crippen molar-refractivity contribution in [1.29, 1.82) is 0 Å². The largest absolute Gasteiger partial charge is 0.396 e. The molecular formula is C12H18N4O2. The maximum Gasteiger partial charge on any atom is 0.274 e. The smallest absolute Gasteiger partial charge is 0.274 e. The van der Waals surface area contributed by atoms with Crippen LogP contribution in [0.2, 0.25) is 0 Å². The van der Waals surface area contributed by atoms with E-state index in [4.69, 9.17) is 10.5 Å². The van der Waals surface area contributed by atoms with Gasteiger partial charge in [-0.1, -0.05) is 0 Å². The fourth-order valence-corrected chi connectivity index (χ4v) is 2.80. The summed E-state index contributed by atoms with van der Waals surface area (Å²) in [6, 6.07) is 0.113. The Kier molecular flexibility index (Phi) is 2.74. The first kappa shape index (κ1) is 11.5. The average Bonchev–Trinajstić information content (AvgIpc) is 3.03. The molecule has 2 saturated heterocycles. The zero-order valence-electron chi connectivity index (χ0n) is 10.4. The summed E-state index contributed by atoms with van der Waals surface area (Å²) in [6.07, 6.45) is 5.24. The van der Waals surface area contributed by atoms with Crippen LogP contribution < -0.4 is 11.1 Å². The Bertz CT molecular complexity index is 471. The monoisotopic (exact) mass is 250 g/mol. The van der Waals surface area contributed by atoms with Crippen LogP contribution in [0.1, 0.15) is 36.7 Å². The van der Waals surface area contributed by atoms with Gasteiger partial charge in [-0.3, -0.25) is 9.48 Å². The van der Waals surface area contributed by atoms with Gasteiger partial charge >= 0.3 is 0 Å².